The van der Waals surface area contributed by atoms with Gasteiger partial charge in [0.25, 0.3) is 0 Å². The summed E-state index contributed by atoms with van der Waals surface area (Å²) in [5, 5.41) is 9.04. The molecule has 0 radical (unpaired) electrons. The number of hydrogen-bond acceptors (Lipinski definition) is 3. The molecule has 0 aliphatic rings. The van der Waals surface area contributed by atoms with Crippen LogP contribution < -0.4 is 11.3 Å². The Morgan fingerprint density at radius 2 is 2.33 bits per heavy atom. The molecule has 0 aromatic rings. The van der Waals surface area contributed by atoms with Crippen LogP contribution in [0.1, 0.15) is 26.2 Å². The van der Waals surface area contributed by atoms with Gasteiger partial charge in [0.15, 0.2) is 0 Å². The van der Waals surface area contributed by atoms with Crippen LogP contribution in [0.3, 0.4) is 0 Å². The standard InChI is InChI=1S/C6H16N2O/c1-2-3-4-6(9)5-8-7/h6,8-9H,2-5,7H2,1H3. The van der Waals surface area contributed by atoms with Crippen molar-refractivity contribution in [3.8, 4) is 0 Å². The lowest BCUT2D eigenvalue weighted by atomic mass is 10.2. The van der Waals surface area contributed by atoms with Crippen molar-refractivity contribution in [2.75, 3.05) is 6.54 Å². The average Bonchev–Trinajstić information content (AvgIpc) is 1.85. The van der Waals surface area contributed by atoms with Crippen LogP contribution in [0, 0.1) is 0 Å². The second-order valence-corrected chi connectivity index (χ2v) is 2.20. The van der Waals surface area contributed by atoms with E-state index in [2.05, 4.69) is 12.3 Å². The van der Waals surface area contributed by atoms with Gasteiger partial charge in [-0.25, -0.2) is 0 Å². The molecule has 0 aliphatic heterocycles. The summed E-state index contributed by atoms with van der Waals surface area (Å²) in [7, 11) is 0. The molecule has 0 saturated carbocycles. The number of nitrogens with two attached hydrogens (primary N) is 1. The SMILES string of the molecule is CCCCC(O)CNN. The van der Waals surface area contributed by atoms with Gasteiger partial charge in [0.05, 0.1) is 6.10 Å². The molecule has 1 unspecified atom stereocenters. The molecule has 56 valence electrons. The van der Waals surface area contributed by atoms with E-state index in [1.807, 2.05) is 0 Å². The highest BCUT2D eigenvalue weighted by atomic mass is 16.3. The van der Waals surface area contributed by atoms with Gasteiger partial charge < -0.3 is 5.11 Å². The lowest BCUT2D eigenvalue weighted by molar-refractivity contribution is 0.159. The Hall–Kier alpha value is -0.120. The molecule has 0 rings (SSSR count). The molecule has 0 aromatic carbocycles. The topological polar surface area (TPSA) is 58.3 Å². The van der Waals surface area contributed by atoms with Crippen LogP contribution in [0.2, 0.25) is 0 Å². The number of aliphatic hydroxyl groups excluding tert-OH is 1. The fourth-order valence-corrected chi connectivity index (χ4v) is 0.678. The van der Waals surface area contributed by atoms with E-state index in [0.717, 1.165) is 19.3 Å². The second kappa shape index (κ2) is 6.01. The first kappa shape index (κ1) is 8.88. The van der Waals surface area contributed by atoms with E-state index in [1.54, 1.807) is 0 Å². The molecule has 0 spiro atoms. The Morgan fingerprint density at radius 1 is 1.67 bits per heavy atom. The lowest BCUT2D eigenvalue weighted by Crippen LogP contribution is -2.31. The number of hydrazine groups is 1. The number of aliphatic hydroxyl groups is 1. The summed E-state index contributed by atoms with van der Waals surface area (Å²) in [6.45, 7) is 2.60. The second-order valence-electron chi connectivity index (χ2n) is 2.20. The van der Waals surface area contributed by atoms with Crippen LogP contribution in [0.25, 0.3) is 0 Å². The molecular weight excluding hydrogens is 116 g/mol. The fraction of sp³-hybridized carbons (Fsp3) is 1.00. The van der Waals surface area contributed by atoms with Crippen molar-refractivity contribution in [3.63, 3.8) is 0 Å². The number of unbranched alkanes of at least 4 members (excludes halogenated alkanes) is 1. The molecule has 0 saturated heterocycles. The zero-order chi connectivity index (χ0) is 7.11. The molecule has 0 bridgehead atoms. The third kappa shape index (κ3) is 5.76. The molecule has 0 heterocycles. The van der Waals surface area contributed by atoms with E-state index < -0.39 is 0 Å². The van der Waals surface area contributed by atoms with Crippen molar-refractivity contribution >= 4 is 0 Å². The van der Waals surface area contributed by atoms with Crippen LogP contribution in [-0.2, 0) is 0 Å². The molecule has 3 nitrogen and oxygen atoms in total. The summed E-state index contributed by atoms with van der Waals surface area (Å²) >= 11 is 0. The Bertz CT molecular complexity index is 59.0. The van der Waals surface area contributed by atoms with E-state index in [4.69, 9.17) is 10.9 Å². The van der Waals surface area contributed by atoms with Crippen LogP contribution in [0.5, 0.6) is 0 Å². The minimum absolute atomic E-state index is 0.269. The van der Waals surface area contributed by atoms with Crippen molar-refractivity contribution in [2.45, 2.75) is 32.3 Å². The molecule has 4 N–H and O–H groups in total. The summed E-state index contributed by atoms with van der Waals surface area (Å²) in [6, 6.07) is 0. The maximum absolute atomic E-state index is 9.04. The van der Waals surface area contributed by atoms with Gasteiger partial charge in [-0.15, -0.1) is 0 Å². The summed E-state index contributed by atoms with van der Waals surface area (Å²) in [5.74, 6) is 4.99. The van der Waals surface area contributed by atoms with E-state index in [1.165, 1.54) is 0 Å². The first-order valence-corrected chi connectivity index (χ1v) is 3.42. The predicted molar refractivity (Wildman–Crippen MR) is 37.7 cm³/mol. The summed E-state index contributed by atoms with van der Waals surface area (Å²) in [5.41, 5.74) is 2.43. The van der Waals surface area contributed by atoms with Gasteiger partial charge in [-0.1, -0.05) is 19.8 Å². The normalized spacial score (nSPS) is 13.7. The van der Waals surface area contributed by atoms with Crippen LogP contribution in [-0.4, -0.2) is 17.8 Å². The summed E-state index contributed by atoms with van der Waals surface area (Å²) in [6.07, 6.45) is 2.78. The Kier molecular flexibility index (Phi) is 5.93. The highest BCUT2D eigenvalue weighted by Crippen LogP contribution is 1.97. The smallest absolute Gasteiger partial charge is 0.0678 e. The monoisotopic (exact) mass is 132 g/mol. The molecule has 1 atom stereocenters. The Labute approximate surface area is 56.2 Å². The van der Waals surface area contributed by atoms with Gasteiger partial charge in [-0.05, 0) is 6.42 Å². The van der Waals surface area contributed by atoms with Gasteiger partial charge in [0.2, 0.25) is 0 Å². The predicted octanol–water partition coefficient (Wildman–Crippen LogP) is 0.000800. The zero-order valence-electron chi connectivity index (χ0n) is 5.93. The fourth-order valence-electron chi connectivity index (χ4n) is 0.678. The van der Waals surface area contributed by atoms with Gasteiger partial charge in [0.1, 0.15) is 0 Å². The maximum Gasteiger partial charge on any atom is 0.0678 e. The highest BCUT2D eigenvalue weighted by Gasteiger charge is 1.99. The summed E-state index contributed by atoms with van der Waals surface area (Å²) in [4.78, 5) is 0. The summed E-state index contributed by atoms with van der Waals surface area (Å²) < 4.78 is 0. The van der Waals surface area contributed by atoms with Crippen molar-refractivity contribution in [3.05, 3.63) is 0 Å². The third-order valence-corrected chi connectivity index (χ3v) is 1.24. The molecular formula is C6H16N2O. The largest absolute Gasteiger partial charge is 0.392 e. The molecule has 0 aliphatic carbocycles. The number of hydrogen-bond donors (Lipinski definition) is 3. The zero-order valence-corrected chi connectivity index (χ0v) is 5.93. The molecule has 3 heteroatoms. The van der Waals surface area contributed by atoms with Crippen molar-refractivity contribution in [2.24, 2.45) is 5.84 Å². The van der Waals surface area contributed by atoms with E-state index in [9.17, 15) is 0 Å². The number of nitrogens with one attached hydrogen (secondary N) is 1. The maximum atomic E-state index is 9.04. The van der Waals surface area contributed by atoms with E-state index in [-0.39, 0.29) is 6.10 Å². The minimum Gasteiger partial charge on any atom is -0.392 e. The van der Waals surface area contributed by atoms with Gasteiger partial charge >= 0.3 is 0 Å². The van der Waals surface area contributed by atoms with Gasteiger partial charge in [0, 0.05) is 6.54 Å². The van der Waals surface area contributed by atoms with E-state index >= 15 is 0 Å². The van der Waals surface area contributed by atoms with E-state index in [0.29, 0.717) is 6.54 Å². The van der Waals surface area contributed by atoms with Crippen LogP contribution in [0.15, 0.2) is 0 Å². The quantitative estimate of drug-likeness (QED) is 0.364. The lowest BCUT2D eigenvalue weighted by Gasteiger charge is -2.06. The average molecular weight is 132 g/mol. The first-order valence-electron chi connectivity index (χ1n) is 3.42. The van der Waals surface area contributed by atoms with Crippen molar-refractivity contribution in [1.29, 1.82) is 0 Å². The highest BCUT2D eigenvalue weighted by molar-refractivity contribution is 4.55. The molecule has 0 aromatic heterocycles. The van der Waals surface area contributed by atoms with Crippen LogP contribution in [0.4, 0.5) is 0 Å². The molecule has 0 amide bonds. The van der Waals surface area contributed by atoms with Gasteiger partial charge in [-0.3, -0.25) is 11.3 Å². The molecule has 9 heavy (non-hydrogen) atoms. The number of rotatable bonds is 5. The minimum atomic E-state index is -0.269. The Morgan fingerprint density at radius 3 is 2.78 bits per heavy atom. The Balaban J connectivity index is 2.95. The molecule has 0 fully saturated rings. The van der Waals surface area contributed by atoms with Crippen molar-refractivity contribution < 1.29 is 5.11 Å². The third-order valence-electron chi connectivity index (χ3n) is 1.24. The van der Waals surface area contributed by atoms with Crippen molar-refractivity contribution in [1.82, 2.24) is 5.43 Å². The first-order chi connectivity index (χ1) is 4.31. The van der Waals surface area contributed by atoms with Gasteiger partial charge in [-0.2, -0.15) is 0 Å². The van der Waals surface area contributed by atoms with Crippen LogP contribution >= 0.6 is 0 Å².